The van der Waals surface area contributed by atoms with Crippen molar-refractivity contribution in [3.05, 3.63) is 93.8 Å². The average molecular weight is 420 g/mol. The van der Waals surface area contributed by atoms with Crippen molar-refractivity contribution in [1.29, 1.82) is 5.26 Å². The molecule has 0 heterocycles. The summed E-state index contributed by atoms with van der Waals surface area (Å²) >= 11 is 5.60. The molecule has 2 aromatic carbocycles. The average Bonchev–Trinajstić information content (AvgIpc) is 2.71. The minimum atomic E-state index is -0.815. The summed E-state index contributed by atoms with van der Waals surface area (Å²) in [6.45, 7) is 3.53. The lowest BCUT2D eigenvalue weighted by Crippen LogP contribution is -2.21. The number of hydrogen-bond acceptors (Lipinski definition) is 4. The summed E-state index contributed by atoms with van der Waals surface area (Å²) in [6, 6.07) is 24.9. The summed E-state index contributed by atoms with van der Waals surface area (Å²) in [6.07, 6.45) is 0.0692. The quantitative estimate of drug-likeness (QED) is 0.357. The van der Waals surface area contributed by atoms with Crippen LogP contribution in [-0.4, -0.2) is 12.1 Å². The molecule has 1 unspecified atom stereocenters. The van der Waals surface area contributed by atoms with Gasteiger partial charge in [-0.25, -0.2) is 0 Å². The number of para-hydroxylation sites is 1. The maximum atomic E-state index is 11.9. The van der Waals surface area contributed by atoms with Gasteiger partial charge in [0.25, 0.3) is 0 Å². The Morgan fingerprint density at radius 1 is 1.00 bits per heavy atom. The molecule has 2 aromatic rings. The van der Waals surface area contributed by atoms with E-state index in [1.54, 1.807) is 13.8 Å². The zero-order valence-corrected chi connectivity index (χ0v) is 17.6. The summed E-state index contributed by atoms with van der Waals surface area (Å²) in [5.74, 6) is 0.101. The third-order valence-corrected chi connectivity index (χ3v) is 4.70. The van der Waals surface area contributed by atoms with E-state index in [9.17, 15) is 10.1 Å². The third-order valence-electron chi connectivity index (χ3n) is 4.39. The Hall–Kier alpha value is -3.29. The zero-order valence-electron chi connectivity index (χ0n) is 16.8. The molecule has 0 radical (unpaired) electrons. The minimum Gasteiger partial charge on any atom is -0.462 e. The van der Waals surface area contributed by atoms with Crippen molar-refractivity contribution in [3.8, 4) is 17.6 Å². The maximum Gasteiger partial charge on any atom is 0.323 e. The van der Waals surface area contributed by atoms with E-state index in [4.69, 9.17) is 21.1 Å². The predicted octanol–water partition coefficient (Wildman–Crippen LogP) is 6.05. The second-order valence-electron chi connectivity index (χ2n) is 7.13. The normalized spacial score (nSPS) is 11.6. The monoisotopic (exact) mass is 419 g/mol. The van der Waals surface area contributed by atoms with Gasteiger partial charge in [0.1, 0.15) is 17.4 Å². The number of carbonyl (C=O) groups excluding carboxylic acids is 1. The van der Waals surface area contributed by atoms with Gasteiger partial charge in [0.05, 0.1) is 12.2 Å². The summed E-state index contributed by atoms with van der Waals surface area (Å²) in [4.78, 5) is 11.9. The van der Waals surface area contributed by atoms with Crippen LogP contribution in [0, 0.1) is 27.7 Å². The number of esters is 1. The molecule has 0 saturated heterocycles. The Bertz CT molecular complexity index is 1150. The van der Waals surface area contributed by atoms with Crippen molar-refractivity contribution in [1.82, 2.24) is 0 Å². The van der Waals surface area contributed by atoms with Crippen LogP contribution in [0.25, 0.3) is 0 Å². The highest BCUT2D eigenvalue weighted by atomic mass is 35.5. The molecule has 152 valence electrons. The number of carbonyl (C=O) groups is 1. The van der Waals surface area contributed by atoms with E-state index < -0.39 is 11.9 Å². The van der Waals surface area contributed by atoms with Crippen LogP contribution in [0.1, 0.15) is 19.4 Å². The number of nitrogens with zero attached hydrogens (tertiary/aromatic N) is 1. The van der Waals surface area contributed by atoms with E-state index in [0.717, 1.165) is 16.3 Å². The highest BCUT2D eigenvalue weighted by molar-refractivity contribution is 6.31. The summed E-state index contributed by atoms with van der Waals surface area (Å²) in [5, 5.41) is 12.7. The lowest BCUT2D eigenvalue weighted by atomic mass is 10.0. The fourth-order valence-electron chi connectivity index (χ4n) is 2.84. The highest BCUT2D eigenvalue weighted by Gasteiger charge is 2.21. The van der Waals surface area contributed by atoms with Crippen molar-refractivity contribution >= 4 is 17.6 Å². The van der Waals surface area contributed by atoms with Crippen molar-refractivity contribution in [2.24, 2.45) is 5.92 Å². The molecule has 2 aliphatic rings. The van der Waals surface area contributed by atoms with Crippen LogP contribution in [0.3, 0.4) is 0 Å². The summed E-state index contributed by atoms with van der Waals surface area (Å²) in [7, 11) is 0. The number of nitriles is 1. The van der Waals surface area contributed by atoms with Crippen LogP contribution >= 0.6 is 11.6 Å². The molecule has 5 heteroatoms. The maximum absolute atomic E-state index is 11.9. The van der Waals surface area contributed by atoms with Gasteiger partial charge in [0.15, 0.2) is 0 Å². The van der Waals surface area contributed by atoms with Crippen molar-refractivity contribution in [2.45, 2.75) is 26.4 Å². The largest absolute Gasteiger partial charge is 0.462 e. The Kier molecular flexibility index (Phi) is 7.11. The number of ether oxygens (including phenoxy) is 2. The van der Waals surface area contributed by atoms with Crippen LogP contribution in [0.5, 0.6) is 11.5 Å². The molecule has 30 heavy (non-hydrogen) atoms. The van der Waals surface area contributed by atoms with Crippen LogP contribution in [-0.2, 0) is 16.0 Å². The van der Waals surface area contributed by atoms with E-state index in [2.05, 4.69) is 6.07 Å². The Labute approximate surface area is 180 Å². The van der Waals surface area contributed by atoms with Crippen LogP contribution in [0.15, 0.2) is 72.8 Å². The molecule has 0 spiro atoms. The van der Waals surface area contributed by atoms with E-state index in [1.165, 1.54) is 10.4 Å². The smallest absolute Gasteiger partial charge is 0.323 e. The van der Waals surface area contributed by atoms with Crippen molar-refractivity contribution in [3.63, 3.8) is 0 Å². The second-order valence-corrected chi connectivity index (χ2v) is 7.54. The molecule has 0 fully saturated rings. The van der Waals surface area contributed by atoms with Gasteiger partial charge in [0.2, 0.25) is 0 Å². The highest BCUT2D eigenvalue weighted by Crippen LogP contribution is 2.23. The van der Waals surface area contributed by atoms with Crippen LogP contribution in [0.2, 0.25) is 5.02 Å². The van der Waals surface area contributed by atoms with Gasteiger partial charge in [-0.05, 0) is 61.4 Å². The van der Waals surface area contributed by atoms with Gasteiger partial charge in [-0.15, -0.1) is 0 Å². The van der Waals surface area contributed by atoms with Crippen LogP contribution < -0.4 is 4.74 Å². The molecule has 0 N–H and O–H groups in total. The SMILES string of the molecule is CC(C)OC(=O)C(C#N)Cc1cccc(Oc2ccccc2)c1.Clc1cc2ccc1=2. The molecule has 1 atom stereocenters. The first-order chi connectivity index (χ1) is 14.5. The molecule has 0 saturated carbocycles. The number of benzene rings is 3. The molecule has 0 aliphatic heterocycles. The first-order valence-corrected chi connectivity index (χ1v) is 10.1. The van der Waals surface area contributed by atoms with Crippen molar-refractivity contribution in [2.75, 3.05) is 0 Å². The van der Waals surface area contributed by atoms with Gasteiger partial charge in [-0.3, -0.25) is 4.79 Å². The molecule has 0 amide bonds. The molecule has 0 aromatic heterocycles. The van der Waals surface area contributed by atoms with E-state index >= 15 is 0 Å². The molecular formula is C25H22ClNO3. The van der Waals surface area contributed by atoms with Gasteiger partial charge in [-0.1, -0.05) is 54.1 Å². The first-order valence-electron chi connectivity index (χ1n) is 9.68. The molecule has 2 aliphatic carbocycles. The summed E-state index contributed by atoms with van der Waals surface area (Å²) in [5.41, 5.74) is 0.852. The molecule has 4 nitrogen and oxygen atoms in total. The predicted molar refractivity (Wildman–Crippen MR) is 116 cm³/mol. The molecule has 0 bridgehead atoms. The first kappa shape index (κ1) is 21.4. The number of hydrogen-bond donors (Lipinski definition) is 0. The summed E-state index contributed by atoms with van der Waals surface area (Å²) < 4.78 is 10.9. The van der Waals surface area contributed by atoms with E-state index in [0.29, 0.717) is 12.2 Å². The lowest BCUT2D eigenvalue weighted by molar-refractivity contribution is -0.150. The Balaban J connectivity index is 0.000000302. The van der Waals surface area contributed by atoms with Gasteiger partial charge < -0.3 is 9.47 Å². The molecular weight excluding hydrogens is 398 g/mol. The van der Waals surface area contributed by atoms with Gasteiger partial charge in [0, 0.05) is 10.2 Å². The lowest BCUT2D eigenvalue weighted by Gasteiger charge is -2.13. The van der Waals surface area contributed by atoms with E-state index in [-0.39, 0.29) is 6.10 Å². The third kappa shape index (κ3) is 5.62. The fraction of sp³-hybridized carbons (Fsp3) is 0.200. The Morgan fingerprint density at radius 2 is 1.73 bits per heavy atom. The number of rotatable bonds is 6. The van der Waals surface area contributed by atoms with Crippen LogP contribution in [0.4, 0.5) is 0 Å². The molecule has 4 rings (SSSR count). The van der Waals surface area contributed by atoms with Gasteiger partial charge >= 0.3 is 5.97 Å². The standard InChI is InChI=1S/C19H19NO3.C6H3Cl/c1-14(2)22-19(21)16(13-20)11-15-7-6-10-18(12-15)23-17-8-4-3-5-9-17;7-6-3-4-1-2-5(4)6/h3-10,12,14,16H,11H2,1-2H3;1-3H. The van der Waals surface area contributed by atoms with Crippen molar-refractivity contribution < 1.29 is 14.3 Å². The minimum absolute atomic E-state index is 0.230. The fourth-order valence-corrected chi connectivity index (χ4v) is 3.12. The van der Waals surface area contributed by atoms with Gasteiger partial charge in [-0.2, -0.15) is 5.26 Å². The topological polar surface area (TPSA) is 59.3 Å². The zero-order chi connectivity index (χ0) is 21.5. The number of halogens is 1. The van der Waals surface area contributed by atoms with E-state index in [1.807, 2.05) is 72.8 Å². The Morgan fingerprint density at radius 3 is 2.23 bits per heavy atom. The second kappa shape index (κ2) is 9.96.